The Hall–Kier alpha value is -2.86. The average molecular weight is 338 g/mol. The number of nitrogens with zero attached hydrogens (tertiary/aromatic N) is 2. The van der Waals surface area contributed by atoms with E-state index >= 15 is 0 Å². The van der Waals surface area contributed by atoms with Gasteiger partial charge in [0, 0.05) is 12.1 Å². The molecule has 130 valence electrons. The molecule has 0 aliphatic rings. The quantitative estimate of drug-likeness (QED) is 0.616. The Morgan fingerprint density at radius 2 is 1.96 bits per heavy atom. The van der Waals surface area contributed by atoms with E-state index in [2.05, 4.69) is 20.5 Å². The van der Waals surface area contributed by atoms with Gasteiger partial charge < -0.3 is 9.84 Å². The van der Waals surface area contributed by atoms with Crippen molar-refractivity contribution in [2.24, 2.45) is 0 Å². The molecule has 6 heteroatoms. The van der Waals surface area contributed by atoms with E-state index in [4.69, 9.17) is 4.74 Å². The maximum absolute atomic E-state index is 10.4. The number of rotatable bonds is 7. The van der Waals surface area contributed by atoms with E-state index in [1.165, 1.54) is 0 Å². The zero-order valence-electron chi connectivity index (χ0n) is 14.4. The Morgan fingerprint density at radius 1 is 1.16 bits per heavy atom. The van der Waals surface area contributed by atoms with Crippen LogP contribution in [0.1, 0.15) is 35.7 Å². The maximum Gasteiger partial charge on any atom is 0.172 e. The van der Waals surface area contributed by atoms with E-state index in [-0.39, 0.29) is 11.8 Å². The molecule has 6 nitrogen and oxygen atoms in total. The highest BCUT2D eigenvalue weighted by atomic mass is 16.5. The number of hydrogen-bond donors (Lipinski definition) is 3. The fraction of sp³-hybridized carbons (Fsp3) is 0.263. The minimum atomic E-state index is -0.179. The van der Waals surface area contributed by atoms with E-state index in [9.17, 15) is 5.11 Å². The molecule has 2 aromatic carbocycles. The highest BCUT2D eigenvalue weighted by Crippen LogP contribution is 2.30. The summed E-state index contributed by atoms with van der Waals surface area (Å²) in [4.78, 5) is 4.45. The minimum absolute atomic E-state index is 0.162. The van der Waals surface area contributed by atoms with Crippen LogP contribution in [0.4, 0.5) is 0 Å². The molecule has 25 heavy (non-hydrogen) atoms. The number of phenols is 1. The molecule has 0 saturated carbocycles. The average Bonchev–Trinajstić information content (AvgIpc) is 3.05. The van der Waals surface area contributed by atoms with Crippen LogP contribution in [0.15, 0.2) is 48.5 Å². The van der Waals surface area contributed by atoms with Crippen molar-refractivity contribution in [3.63, 3.8) is 0 Å². The lowest BCUT2D eigenvalue weighted by Crippen LogP contribution is -2.23. The Bertz CT molecular complexity index is 817. The summed E-state index contributed by atoms with van der Waals surface area (Å²) >= 11 is 0. The number of nitrogens with one attached hydrogen (secondary N) is 2. The van der Waals surface area contributed by atoms with Gasteiger partial charge in [-0.3, -0.25) is 10.4 Å². The van der Waals surface area contributed by atoms with Crippen molar-refractivity contribution in [3.05, 3.63) is 71.3 Å². The van der Waals surface area contributed by atoms with E-state index in [0.29, 0.717) is 24.7 Å². The third-order valence-corrected chi connectivity index (χ3v) is 3.88. The number of aromatic amines is 1. The van der Waals surface area contributed by atoms with Gasteiger partial charge in [-0.1, -0.05) is 42.5 Å². The van der Waals surface area contributed by atoms with Gasteiger partial charge in [0.25, 0.3) is 0 Å². The fourth-order valence-corrected chi connectivity index (χ4v) is 2.69. The van der Waals surface area contributed by atoms with Gasteiger partial charge in [0.05, 0.1) is 12.6 Å². The van der Waals surface area contributed by atoms with E-state index in [0.717, 1.165) is 17.0 Å². The minimum Gasteiger partial charge on any atom is -0.504 e. The molecule has 0 radical (unpaired) electrons. The second kappa shape index (κ2) is 7.81. The number of ether oxygens (including phenoxy) is 1. The van der Waals surface area contributed by atoms with Crippen molar-refractivity contribution >= 4 is 0 Å². The summed E-state index contributed by atoms with van der Waals surface area (Å²) in [7, 11) is 0. The van der Waals surface area contributed by atoms with Crippen LogP contribution in [-0.4, -0.2) is 26.9 Å². The Kier molecular flexibility index (Phi) is 5.30. The summed E-state index contributed by atoms with van der Waals surface area (Å²) in [5, 5.41) is 21.0. The molecule has 3 rings (SSSR count). The number of phenolic OH excluding ortho intramolecular Hbond substituents is 1. The summed E-state index contributed by atoms with van der Waals surface area (Å²) in [6.45, 7) is 4.73. The van der Waals surface area contributed by atoms with E-state index < -0.39 is 0 Å². The summed E-state index contributed by atoms with van der Waals surface area (Å²) in [6.07, 6.45) is 0. The predicted molar refractivity (Wildman–Crippen MR) is 95.5 cm³/mol. The highest BCUT2D eigenvalue weighted by Gasteiger charge is 2.19. The lowest BCUT2D eigenvalue weighted by Gasteiger charge is -2.17. The van der Waals surface area contributed by atoms with Crippen LogP contribution in [0.3, 0.4) is 0 Å². The Balaban J connectivity index is 1.83. The highest BCUT2D eigenvalue weighted by molar-refractivity contribution is 5.45. The largest absolute Gasteiger partial charge is 0.504 e. The number of H-pyrrole nitrogens is 1. The molecule has 1 unspecified atom stereocenters. The van der Waals surface area contributed by atoms with Crippen molar-refractivity contribution < 1.29 is 9.84 Å². The molecule has 3 N–H and O–H groups in total. The molecule has 0 aliphatic carbocycles. The molecular weight excluding hydrogens is 316 g/mol. The first-order chi connectivity index (χ1) is 12.2. The van der Waals surface area contributed by atoms with Crippen LogP contribution in [-0.2, 0) is 6.54 Å². The molecule has 0 aliphatic heterocycles. The van der Waals surface area contributed by atoms with Crippen LogP contribution in [0, 0.1) is 6.92 Å². The second-order valence-corrected chi connectivity index (χ2v) is 5.70. The summed E-state index contributed by atoms with van der Waals surface area (Å²) in [5.41, 5.74) is 1.82. The molecule has 3 aromatic rings. The van der Waals surface area contributed by atoms with Crippen LogP contribution in [0.25, 0.3) is 0 Å². The van der Waals surface area contributed by atoms with Gasteiger partial charge in [0.2, 0.25) is 0 Å². The molecule has 0 saturated heterocycles. The van der Waals surface area contributed by atoms with Crippen molar-refractivity contribution in [2.45, 2.75) is 26.4 Å². The van der Waals surface area contributed by atoms with E-state index in [1.54, 1.807) is 6.07 Å². The maximum atomic E-state index is 10.4. The van der Waals surface area contributed by atoms with Crippen molar-refractivity contribution in [1.29, 1.82) is 0 Å². The van der Waals surface area contributed by atoms with Crippen LogP contribution < -0.4 is 10.1 Å². The summed E-state index contributed by atoms with van der Waals surface area (Å²) in [6, 6.07) is 15.3. The lowest BCUT2D eigenvalue weighted by molar-refractivity contribution is 0.316. The van der Waals surface area contributed by atoms with Gasteiger partial charge >= 0.3 is 0 Å². The Morgan fingerprint density at radius 3 is 2.64 bits per heavy atom. The normalized spacial score (nSPS) is 12.1. The number of para-hydroxylation sites is 1. The first-order valence-corrected chi connectivity index (χ1v) is 8.30. The zero-order valence-corrected chi connectivity index (χ0v) is 14.4. The van der Waals surface area contributed by atoms with Crippen LogP contribution >= 0.6 is 0 Å². The molecule has 0 amide bonds. The predicted octanol–water partition coefficient (Wildman–Crippen LogP) is 3.10. The SMILES string of the molecule is CCOc1cccc(CNC(c2ccccc2)c2n[nH]c(C)n2)c1O. The zero-order chi connectivity index (χ0) is 17.6. The smallest absolute Gasteiger partial charge is 0.172 e. The topological polar surface area (TPSA) is 83.1 Å². The van der Waals surface area contributed by atoms with Crippen LogP contribution in [0.2, 0.25) is 0 Å². The molecule has 0 bridgehead atoms. The van der Waals surface area contributed by atoms with E-state index in [1.807, 2.05) is 56.3 Å². The van der Waals surface area contributed by atoms with Crippen molar-refractivity contribution in [3.8, 4) is 11.5 Å². The Labute approximate surface area is 146 Å². The lowest BCUT2D eigenvalue weighted by atomic mass is 10.1. The van der Waals surface area contributed by atoms with Crippen molar-refractivity contribution in [1.82, 2.24) is 20.5 Å². The molecule has 1 aromatic heterocycles. The number of aromatic nitrogens is 3. The fourth-order valence-electron chi connectivity index (χ4n) is 2.69. The number of aromatic hydroxyl groups is 1. The van der Waals surface area contributed by atoms with Gasteiger partial charge in [-0.15, -0.1) is 0 Å². The molecule has 0 fully saturated rings. The number of hydrogen-bond acceptors (Lipinski definition) is 5. The molecular formula is C19H22N4O2. The van der Waals surface area contributed by atoms with Crippen molar-refractivity contribution in [2.75, 3.05) is 6.61 Å². The molecule has 1 atom stereocenters. The third kappa shape index (κ3) is 3.97. The standard InChI is InChI=1S/C19H22N4O2/c1-3-25-16-11-7-10-15(18(16)24)12-20-17(14-8-5-4-6-9-14)19-21-13(2)22-23-19/h4-11,17,20,24H,3,12H2,1-2H3,(H,21,22,23). The molecule has 1 heterocycles. The van der Waals surface area contributed by atoms with Crippen LogP contribution in [0.5, 0.6) is 11.5 Å². The first kappa shape index (κ1) is 17.0. The number of benzene rings is 2. The monoisotopic (exact) mass is 338 g/mol. The first-order valence-electron chi connectivity index (χ1n) is 8.30. The molecule has 0 spiro atoms. The third-order valence-electron chi connectivity index (χ3n) is 3.88. The summed E-state index contributed by atoms with van der Waals surface area (Å²) < 4.78 is 5.45. The number of aryl methyl sites for hydroxylation is 1. The second-order valence-electron chi connectivity index (χ2n) is 5.70. The van der Waals surface area contributed by atoms with Gasteiger partial charge in [-0.2, -0.15) is 5.10 Å². The van der Waals surface area contributed by atoms with Gasteiger partial charge in [0.1, 0.15) is 5.82 Å². The van der Waals surface area contributed by atoms with Gasteiger partial charge in [-0.05, 0) is 25.5 Å². The summed E-state index contributed by atoms with van der Waals surface area (Å²) in [5.74, 6) is 2.09. The van der Waals surface area contributed by atoms with Gasteiger partial charge in [0.15, 0.2) is 17.3 Å². The van der Waals surface area contributed by atoms with Gasteiger partial charge in [-0.25, -0.2) is 4.98 Å².